The van der Waals surface area contributed by atoms with Crippen LogP contribution in [0, 0.1) is 17.3 Å². The summed E-state index contributed by atoms with van der Waals surface area (Å²) in [6.07, 6.45) is 6.56. The Morgan fingerprint density at radius 3 is 2.00 bits per heavy atom. The molecule has 1 atom stereocenters. The van der Waals surface area contributed by atoms with Crippen molar-refractivity contribution in [3.63, 3.8) is 0 Å². The van der Waals surface area contributed by atoms with Crippen LogP contribution in [-0.2, 0) is 0 Å². The van der Waals surface area contributed by atoms with Gasteiger partial charge in [0, 0.05) is 18.7 Å². The topological polar surface area (TPSA) is 12.4 Å². The van der Waals surface area contributed by atoms with Gasteiger partial charge in [-0.25, -0.2) is 0 Å². The molecule has 0 N–H and O–H groups in total. The summed E-state index contributed by atoms with van der Waals surface area (Å²) in [7, 11) is 1.84. The molecule has 0 aromatic rings. The summed E-state index contributed by atoms with van der Waals surface area (Å²) in [6.45, 7) is 11.1. The summed E-state index contributed by atoms with van der Waals surface area (Å²) in [6, 6.07) is 0. The van der Waals surface area contributed by atoms with Crippen LogP contribution >= 0.6 is 0 Å². The first-order chi connectivity index (χ1) is 5.92. The van der Waals surface area contributed by atoms with Crippen LogP contribution in [0.3, 0.4) is 0 Å². The van der Waals surface area contributed by atoms with E-state index in [1.165, 1.54) is 0 Å². The van der Waals surface area contributed by atoms with Gasteiger partial charge in [0.05, 0.1) is 0 Å². The molecule has 1 nitrogen and oxygen atoms in total. The summed E-state index contributed by atoms with van der Waals surface area (Å²) < 4.78 is 0. The highest BCUT2D eigenvalue weighted by molar-refractivity contribution is 5.68. The fourth-order valence-electron chi connectivity index (χ4n) is 1.06. The van der Waals surface area contributed by atoms with E-state index in [4.69, 9.17) is 0 Å². The van der Waals surface area contributed by atoms with Gasteiger partial charge < -0.3 is 0 Å². The van der Waals surface area contributed by atoms with Gasteiger partial charge in [0.2, 0.25) is 0 Å². The van der Waals surface area contributed by atoms with Crippen LogP contribution < -0.4 is 0 Å². The van der Waals surface area contributed by atoms with Gasteiger partial charge in [-0.1, -0.05) is 46.8 Å². The lowest BCUT2D eigenvalue weighted by molar-refractivity contribution is 0.421. The molecule has 0 radical (unpaired) electrons. The second kappa shape index (κ2) is 5.21. The Labute approximate surface area is 83.0 Å². The molecule has 0 saturated carbocycles. The molecule has 0 rings (SSSR count). The molecule has 0 spiro atoms. The van der Waals surface area contributed by atoms with Crippen LogP contribution in [0.25, 0.3) is 0 Å². The van der Waals surface area contributed by atoms with Crippen LogP contribution in [0.5, 0.6) is 0 Å². The van der Waals surface area contributed by atoms with Crippen molar-refractivity contribution in [2.24, 2.45) is 22.2 Å². The molecular formula is C12H23N. The molecule has 1 unspecified atom stereocenters. The lowest BCUT2D eigenvalue weighted by Gasteiger charge is -2.26. The molecule has 1 heteroatoms. The van der Waals surface area contributed by atoms with Crippen molar-refractivity contribution < 1.29 is 0 Å². The third kappa shape index (κ3) is 4.25. The summed E-state index contributed by atoms with van der Waals surface area (Å²) in [5, 5.41) is 0. The summed E-state index contributed by atoms with van der Waals surface area (Å²) in [4.78, 5) is 4.13. The zero-order valence-corrected chi connectivity index (χ0v) is 9.83. The zero-order valence-electron chi connectivity index (χ0n) is 9.83. The Bertz CT molecular complexity index is 189. The third-order valence-electron chi connectivity index (χ3n) is 2.49. The summed E-state index contributed by atoms with van der Waals surface area (Å²) in [5.74, 6) is 1.20. The van der Waals surface area contributed by atoms with Crippen LogP contribution in [0.1, 0.15) is 34.6 Å². The second-order valence-corrected chi connectivity index (χ2v) is 4.51. The average Bonchev–Trinajstić information content (AvgIpc) is 2.01. The molecule has 0 aromatic heterocycles. The normalized spacial score (nSPS) is 17.8. The summed E-state index contributed by atoms with van der Waals surface area (Å²) >= 11 is 0. The largest absolute Gasteiger partial charge is 0.300 e. The fourth-order valence-corrected chi connectivity index (χ4v) is 1.06. The molecule has 0 saturated heterocycles. The van der Waals surface area contributed by atoms with E-state index >= 15 is 0 Å². The zero-order chi connectivity index (χ0) is 10.5. The minimum atomic E-state index is 0.110. The quantitative estimate of drug-likeness (QED) is 0.464. The number of allylic oxidation sites excluding steroid dienone is 2. The van der Waals surface area contributed by atoms with Gasteiger partial charge in [0.25, 0.3) is 0 Å². The first-order valence-corrected chi connectivity index (χ1v) is 5.05. The van der Waals surface area contributed by atoms with Gasteiger partial charge in [-0.3, -0.25) is 4.99 Å². The Balaban J connectivity index is 4.60. The molecule has 0 heterocycles. The lowest BCUT2D eigenvalue weighted by Crippen LogP contribution is -2.22. The first-order valence-electron chi connectivity index (χ1n) is 5.05. The molecule has 0 aliphatic rings. The van der Waals surface area contributed by atoms with Crippen LogP contribution in [0.15, 0.2) is 17.1 Å². The molecule has 0 bridgehead atoms. The van der Waals surface area contributed by atoms with Gasteiger partial charge >= 0.3 is 0 Å². The maximum atomic E-state index is 4.13. The predicted molar refractivity (Wildman–Crippen MR) is 61.3 cm³/mol. The van der Waals surface area contributed by atoms with E-state index in [-0.39, 0.29) is 5.41 Å². The maximum Gasteiger partial charge on any atom is 0.0273 e. The van der Waals surface area contributed by atoms with E-state index in [0.29, 0.717) is 11.8 Å². The van der Waals surface area contributed by atoms with Crippen LogP contribution in [0.4, 0.5) is 0 Å². The molecule has 0 amide bonds. The SMILES string of the molecule is CN=CC(C)(/C=C\C(C)C)C(C)C. The summed E-state index contributed by atoms with van der Waals surface area (Å²) in [5.41, 5.74) is 0.110. The monoisotopic (exact) mass is 181 g/mol. The number of rotatable bonds is 4. The van der Waals surface area contributed by atoms with Crippen molar-refractivity contribution in [2.45, 2.75) is 34.6 Å². The highest BCUT2D eigenvalue weighted by Crippen LogP contribution is 2.26. The standard InChI is InChI=1S/C12H23N/c1-10(2)7-8-12(5,9-13-6)11(3)4/h7-11H,1-6H3/b8-7-,13-9?. The fraction of sp³-hybridized carbons (Fsp3) is 0.750. The molecule has 76 valence electrons. The predicted octanol–water partition coefficient (Wildman–Crippen LogP) is 3.56. The Morgan fingerprint density at radius 2 is 1.69 bits per heavy atom. The molecular weight excluding hydrogens is 158 g/mol. The van der Waals surface area contributed by atoms with Crippen molar-refractivity contribution in [2.75, 3.05) is 7.05 Å². The van der Waals surface area contributed by atoms with E-state index in [1.807, 2.05) is 13.3 Å². The Morgan fingerprint density at radius 1 is 1.15 bits per heavy atom. The number of hydrogen-bond donors (Lipinski definition) is 0. The van der Waals surface area contributed by atoms with E-state index in [9.17, 15) is 0 Å². The number of aliphatic imine (C=N–C) groups is 1. The average molecular weight is 181 g/mol. The van der Waals surface area contributed by atoms with E-state index in [0.717, 1.165) is 0 Å². The van der Waals surface area contributed by atoms with Gasteiger partial charge in [-0.2, -0.15) is 0 Å². The van der Waals surface area contributed by atoms with E-state index < -0.39 is 0 Å². The highest BCUT2D eigenvalue weighted by Gasteiger charge is 2.22. The van der Waals surface area contributed by atoms with Crippen LogP contribution in [-0.4, -0.2) is 13.3 Å². The first kappa shape index (κ1) is 12.4. The second-order valence-electron chi connectivity index (χ2n) is 4.51. The van der Waals surface area contributed by atoms with Gasteiger partial charge in [-0.05, 0) is 11.8 Å². The van der Waals surface area contributed by atoms with Crippen molar-refractivity contribution in [3.05, 3.63) is 12.2 Å². The van der Waals surface area contributed by atoms with Crippen molar-refractivity contribution in [1.29, 1.82) is 0 Å². The number of nitrogens with zero attached hydrogens (tertiary/aromatic N) is 1. The van der Waals surface area contributed by atoms with Crippen LogP contribution in [0.2, 0.25) is 0 Å². The minimum Gasteiger partial charge on any atom is -0.300 e. The van der Waals surface area contributed by atoms with Gasteiger partial charge in [0.15, 0.2) is 0 Å². The van der Waals surface area contributed by atoms with Crippen molar-refractivity contribution in [3.8, 4) is 0 Å². The maximum absolute atomic E-state index is 4.13. The smallest absolute Gasteiger partial charge is 0.0273 e. The lowest BCUT2D eigenvalue weighted by atomic mass is 9.79. The van der Waals surface area contributed by atoms with Crippen molar-refractivity contribution >= 4 is 6.21 Å². The molecule has 0 aliphatic carbocycles. The number of hydrogen-bond acceptors (Lipinski definition) is 1. The molecule has 0 aliphatic heterocycles. The van der Waals surface area contributed by atoms with E-state index in [2.05, 4.69) is 51.8 Å². The Kier molecular flexibility index (Phi) is 4.97. The van der Waals surface area contributed by atoms with E-state index in [1.54, 1.807) is 0 Å². The molecule has 13 heavy (non-hydrogen) atoms. The minimum absolute atomic E-state index is 0.110. The Hall–Kier alpha value is -0.590. The van der Waals surface area contributed by atoms with Gasteiger partial charge in [0.1, 0.15) is 0 Å². The molecule has 0 aromatic carbocycles. The highest BCUT2D eigenvalue weighted by atomic mass is 14.7. The third-order valence-corrected chi connectivity index (χ3v) is 2.49. The molecule has 0 fully saturated rings. The van der Waals surface area contributed by atoms with Crippen molar-refractivity contribution in [1.82, 2.24) is 0 Å². The van der Waals surface area contributed by atoms with Gasteiger partial charge in [-0.15, -0.1) is 0 Å².